The second kappa shape index (κ2) is 26.9. The van der Waals surface area contributed by atoms with E-state index in [0.717, 1.165) is 44.6 Å². The van der Waals surface area contributed by atoms with Crippen molar-refractivity contribution in [2.75, 3.05) is 113 Å². The maximum absolute atomic E-state index is 6.03. The summed E-state index contributed by atoms with van der Waals surface area (Å²) in [4.78, 5) is 2.49. The number of rotatable bonds is 31. The quantitative estimate of drug-likeness (QED) is 0.0859. The Morgan fingerprint density at radius 2 is 0.795 bits per heavy atom. The van der Waals surface area contributed by atoms with Crippen LogP contribution < -0.4 is 0 Å². The minimum Gasteiger partial charge on any atom is -0.395 e. The molecule has 0 aromatic rings. The van der Waals surface area contributed by atoms with Crippen LogP contribution in [0.15, 0.2) is 0 Å². The van der Waals surface area contributed by atoms with Gasteiger partial charge in [0.15, 0.2) is 0 Å². The summed E-state index contributed by atoms with van der Waals surface area (Å²) in [5, 5.41) is 0. The van der Waals surface area contributed by atoms with Crippen molar-refractivity contribution in [2.24, 2.45) is 0 Å². The summed E-state index contributed by atoms with van der Waals surface area (Å²) >= 11 is 0. The fourth-order valence-corrected chi connectivity index (χ4v) is 9.06. The van der Waals surface area contributed by atoms with Crippen LogP contribution in [0.3, 0.4) is 0 Å². The highest BCUT2D eigenvalue weighted by atomic mass is 28.4. The van der Waals surface area contributed by atoms with Gasteiger partial charge in [-0.25, -0.2) is 0 Å². The first-order valence-corrected chi connectivity index (χ1v) is 20.0. The van der Waals surface area contributed by atoms with Crippen LogP contribution in [-0.2, 0) is 41.4 Å². The molecule has 0 N–H and O–H groups in total. The van der Waals surface area contributed by atoms with Crippen LogP contribution in [0.1, 0.15) is 40.5 Å². The monoisotopic (exact) mass is 599 g/mol. The highest BCUT2D eigenvalue weighted by molar-refractivity contribution is 6.66. The van der Waals surface area contributed by atoms with Crippen molar-refractivity contribution in [3.8, 4) is 0 Å². The Kier molecular flexibility index (Phi) is 26.9. The Bertz CT molecular complexity index is 484. The van der Waals surface area contributed by atoms with E-state index in [1.807, 2.05) is 27.7 Å². The van der Waals surface area contributed by atoms with E-state index < -0.39 is 17.1 Å². The molecule has 0 rings (SSSR count). The van der Waals surface area contributed by atoms with Crippen molar-refractivity contribution in [1.29, 1.82) is 0 Å². The molecule has 0 aromatic heterocycles. The summed E-state index contributed by atoms with van der Waals surface area (Å²) < 4.78 is 51.4. The third kappa shape index (κ3) is 23.3. The number of hydrogen-bond donors (Lipinski definition) is 0. The number of nitrogens with zero attached hydrogens (tertiary/aromatic N) is 1. The molecule has 0 aliphatic carbocycles. The van der Waals surface area contributed by atoms with E-state index in [-0.39, 0.29) is 0 Å². The molecule has 0 bridgehead atoms. The highest BCUT2D eigenvalue weighted by Crippen LogP contribution is 2.18. The van der Waals surface area contributed by atoms with Crippen molar-refractivity contribution in [2.45, 2.75) is 65.7 Å². The predicted octanol–water partition coefficient (Wildman–Crippen LogP) is 4.07. The Morgan fingerprint density at radius 3 is 1.13 bits per heavy atom. The van der Waals surface area contributed by atoms with Crippen LogP contribution in [0.25, 0.3) is 0 Å². The molecule has 0 saturated heterocycles. The van der Waals surface area contributed by atoms with Gasteiger partial charge in [0.05, 0.1) is 59.5 Å². The third-order valence-electron chi connectivity index (χ3n) is 6.11. The van der Waals surface area contributed by atoms with Gasteiger partial charge in [-0.3, -0.25) is 0 Å². The van der Waals surface area contributed by atoms with E-state index in [9.17, 15) is 0 Å². The average molecular weight is 600 g/mol. The molecular weight excluding hydrogens is 538 g/mol. The number of hydrogen-bond acceptors (Lipinski definition) is 10. The van der Waals surface area contributed by atoms with Crippen molar-refractivity contribution in [3.63, 3.8) is 0 Å². The molecule has 236 valence electrons. The van der Waals surface area contributed by atoms with E-state index in [1.54, 1.807) is 7.11 Å². The summed E-state index contributed by atoms with van der Waals surface area (Å²) in [5.41, 5.74) is 0. The fourth-order valence-electron chi connectivity index (χ4n) is 4.27. The fraction of sp³-hybridized carbons (Fsp3) is 1.00. The third-order valence-corrected chi connectivity index (χ3v) is 12.2. The van der Waals surface area contributed by atoms with Gasteiger partial charge in [-0.15, -0.1) is 0 Å². The molecule has 0 amide bonds. The topological polar surface area (TPSA) is 86.3 Å². The van der Waals surface area contributed by atoms with Crippen LogP contribution in [-0.4, -0.2) is 135 Å². The lowest BCUT2D eigenvalue weighted by Gasteiger charge is -2.29. The van der Waals surface area contributed by atoms with Gasteiger partial charge in [0.1, 0.15) is 0 Å². The van der Waals surface area contributed by atoms with Gasteiger partial charge in [-0.05, 0) is 78.8 Å². The molecule has 0 atom stereocenters. The molecule has 0 heterocycles. The van der Waals surface area contributed by atoms with Gasteiger partial charge in [0, 0.05) is 40.1 Å². The first kappa shape index (κ1) is 39.0. The molecule has 0 aliphatic heterocycles. The summed E-state index contributed by atoms with van der Waals surface area (Å²) in [7, 11) is -2.54. The standard InChI is InChI=1S/C27H61NO9Si2/c1-8-34-38(6,35-9-2)26-12-14-28(15-13-27-39(7,36-10-3)37-11-4)16-17-30-20-21-32-24-25-33-23-22-31-19-18-29-5/h8-27H2,1-7H3. The zero-order valence-corrected chi connectivity index (χ0v) is 28.3. The van der Waals surface area contributed by atoms with Gasteiger partial charge in [-0.1, -0.05) is 0 Å². The molecule has 0 radical (unpaired) electrons. The normalized spacial score (nSPS) is 12.6. The van der Waals surface area contributed by atoms with Crippen LogP contribution in [0.2, 0.25) is 25.2 Å². The van der Waals surface area contributed by atoms with E-state index in [2.05, 4.69) is 18.0 Å². The Labute approximate surface area is 241 Å². The molecule has 0 aromatic carbocycles. The first-order chi connectivity index (χ1) is 18.9. The van der Waals surface area contributed by atoms with E-state index >= 15 is 0 Å². The Balaban J connectivity index is 4.35. The molecule has 0 saturated carbocycles. The zero-order chi connectivity index (χ0) is 29.1. The maximum Gasteiger partial charge on any atom is 0.334 e. The SMILES string of the molecule is CCO[Si](C)(CCCN(CCC[Si](C)(OCC)OCC)CCOCCOCCOCCOCCOC)OCC. The lowest BCUT2D eigenvalue weighted by Crippen LogP contribution is -2.41. The van der Waals surface area contributed by atoms with Gasteiger partial charge in [0.25, 0.3) is 0 Å². The van der Waals surface area contributed by atoms with E-state index in [4.69, 9.17) is 41.4 Å². The van der Waals surface area contributed by atoms with Crippen LogP contribution >= 0.6 is 0 Å². The summed E-state index contributed by atoms with van der Waals surface area (Å²) in [6.07, 6.45) is 2.10. The largest absolute Gasteiger partial charge is 0.395 e. The summed E-state index contributed by atoms with van der Waals surface area (Å²) in [6.45, 7) is 23.5. The molecule has 10 nitrogen and oxygen atoms in total. The molecule has 0 unspecified atom stereocenters. The lowest BCUT2D eigenvalue weighted by atomic mass is 10.3. The summed E-state index contributed by atoms with van der Waals surface area (Å²) in [5.74, 6) is 0. The minimum atomic E-state index is -2.10. The summed E-state index contributed by atoms with van der Waals surface area (Å²) in [6, 6.07) is 1.98. The molecule has 0 aliphatic rings. The van der Waals surface area contributed by atoms with Crippen LogP contribution in [0.4, 0.5) is 0 Å². The van der Waals surface area contributed by atoms with Gasteiger partial charge < -0.3 is 46.3 Å². The van der Waals surface area contributed by atoms with Crippen LogP contribution in [0.5, 0.6) is 0 Å². The molecular formula is C27H61NO9Si2. The second-order valence-electron chi connectivity index (χ2n) is 9.49. The first-order valence-electron chi connectivity index (χ1n) is 15.0. The maximum atomic E-state index is 6.03. The van der Waals surface area contributed by atoms with Gasteiger partial charge >= 0.3 is 17.1 Å². The highest BCUT2D eigenvalue weighted by Gasteiger charge is 2.31. The molecule has 0 fully saturated rings. The van der Waals surface area contributed by atoms with E-state index in [0.29, 0.717) is 85.9 Å². The average Bonchev–Trinajstić information content (AvgIpc) is 2.89. The zero-order valence-electron chi connectivity index (χ0n) is 26.3. The van der Waals surface area contributed by atoms with Crippen molar-refractivity contribution in [3.05, 3.63) is 0 Å². The van der Waals surface area contributed by atoms with Crippen molar-refractivity contribution in [1.82, 2.24) is 4.90 Å². The lowest BCUT2D eigenvalue weighted by molar-refractivity contribution is -0.00926. The van der Waals surface area contributed by atoms with Crippen molar-refractivity contribution < 1.29 is 41.4 Å². The van der Waals surface area contributed by atoms with Gasteiger partial charge in [0.2, 0.25) is 0 Å². The smallest absolute Gasteiger partial charge is 0.334 e. The molecule has 0 spiro atoms. The van der Waals surface area contributed by atoms with E-state index in [1.165, 1.54) is 0 Å². The second-order valence-corrected chi connectivity index (χ2v) is 16.2. The van der Waals surface area contributed by atoms with Crippen LogP contribution in [0, 0.1) is 0 Å². The molecule has 12 heteroatoms. The number of methoxy groups -OCH3 is 1. The Morgan fingerprint density at radius 1 is 0.462 bits per heavy atom. The number of ether oxygens (including phenoxy) is 5. The predicted molar refractivity (Wildman–Crippen MR) is 160 cm³/mol. The molecule has 39 heavy (non-hydrogen) atoms. The minimum absolute atomic E-state index is 0.554. The van der Waals surface area contributed by atoms with Gasteiger partial charge in [-0.2, -0.15) is 0 Å². The van der Waals surface area contributed by atoms with Crippen molar-refractivity contribution >= 4 is 17.1 Å². The Hall–Kier alpha value is 0.0338.